The largest absolute Gasteiger partial charge is 0.291 e. The van der Waals surface area contributed by atoms with E-state index in [0.717, 1.165) is 18.9 Å². The van der Waals surface area contributed by atoms with Gasteiger partial charge in [-0.25, -0.2) is 9.97 Å². The van der Waals surface area contributed by atoms with Crippen LogP contribution in [-0.4, -0.2) is 30.8 Å². The van der Waals surface area contributed by atoms with Crippen molar-refractivity contribution in [2.75, 3.05) is 6.54 Å². The summed E-state index contributed by atoms with van der Waals surface area (Å²) < 4.78 is 2.11. The van der Waals surface area contributed by atoms with E-state index in [0.29, 0.717) is 6.04 Å². The molecule has 0 amide bonds. The maximum absolute atomic E-state index is 4.31. The molecule has 0 N–H and O–H groups in total. The molecule has 1 aliphatic rings. The van der Waals surface area contributed by atoms with Crippen molar-refractivity contribution in [3.05, 3.63) is 60.4 Å². The van der Waals surface area contributed by atoms with Crippen LogP contribution in [0.15, 0.2) is 49.2 Å². The van der Waals surface area contributed by atoms with Gasteiger partial charge >= 0.3 is 0 Å². The molecular formula is C16H17N5. The second kappa shape index (κ2) is 5.26. The summed E-state index contributed by atoms with van der Waals surface area (Å²) in [7, 11) is 0. The predicted molar refractivity (Wildman–Crippen MR) is 79.6 cm³/mol. The first-order chi connectivity index (χ1) is 10.4. The Morgan fingerprint density at radius 2 is 1.90 bits per heavy atom. The van der Waals surface area contributed by atoms with Crippen molar-refractivity contribution >= 4 is 5.78 Å². The molecule has 5 nitrogen and oxygen atoms in total. The molecule has 4 heterocycles. The van der Waals surface area contributed by atoms with Gasteiger partial charge in [-0.15, -0.1) is 0 Å². The van der Waals surface area contributed by atoms with Gasteiger partial charge in [-0.2, -0.15) is 0 Å². The van der Waals surface area contributed by atoms with E-state index in [-0.39, 0.29) is 0 Å². The Balaban J connectivity index is 1.66. The predicted octanol–water partition coefficient (Wildman–Crippen LogP) is 2.46. The van der Waals surface area contributed by atoms with Crippen LogP contribution in [0.3, 0.4) is 0 Å². The zero-order valence-electron chi connectivity index (χ0n) is 11.8. The normalized spacial score (nSPS) is 19.3. The highest BCUT2D eigenvalue weighted by Crippen LogP contribution is 2.32. The van der Waals surface area contributed by atoms with Crippen LogP contribution in [0.2, 0.25) is 0 Å². The molecule has 0 saturated carbocycles. The molecule has 0 spiro atoms. The third-order valence-corrected chi connectivity index (χ3v) is 4.17. The van der Waals surface area contributed by atoms with Crippen molar-refractivity contribution < 1.29 is 0 Å². The lowest BCUT2D eigenvalue weighted by molar-refractivity contribution is 0.243. The molecule has 0 bridgehead atoms. The minimum Gasteiger partial charge on any atom is -0.291 e. The van der Waals surface area contributed by atoms with Crippen LogP contribution >= 0.6 is 0 Å². The summed E-state index contributed by atoms with van der Waals surface area (Å²) >= 11 is 0. The number of likely N-dealkylation sites (tertiary alicyclic amines) is 1. The van der Waals surface area contributed by atoms with Gasteiger partial charge in [-0.05, 0) is 43.1 Å². The van der Waals surface area contributed by atoms with Crippen molar-refractivity contribution in [2.45, 2.75) is 25.4 Å². The summed E-state index contributed by atoms with van der Waals surface area (Å²) in [5.41, 5.74) is 2.59. The fourth-order valence-electron chi connectivity index (χ4n) is 3.20. The summed E-state index contributed by atoms with van der Waals surface area (Å²) in [6.07, 6.45) is 11.8. The highest BCUT2D eigenvalue weighted by Gasteiger charge is 2.27. The van der Waals surface area contributed by atoms with E-state index in [9.17, 15) is 0 Å². The smallest absolute Gasteiger partial charge is 0.233 e. The van der Waals surface area contributed by atoms with Gasteiger partial charge in [0.25, 0.3) is 0 Å². The van der Waals surface area contributed by atoms with Crippen LogP contribution in [0.4, 0.5) is 0 Å². The van der Waals surface area contributed by atoms with Crippen LogP contribution in [0, 0.1) is 0 Å². The van der Waals surface area contributed by atoms with Gasteiger partial charge in [0.1, 0.15) is 0 Å². The SMILES string of the molecule is c1cc(CN2CCC[C@H]2c2ccnc3nccn23)ccn1. The Morgan fingerprint density at radius 1 is 1.05 bits per heavy atom. The Morgan fingerprint density at radius 3 is 2.81 bits per heavy atom. The van der Waals surface area contributed by atoms with Crippen molar-refractivity contribution in [3.63, 3.8) is 0 Å². The lowest BCUT2D eigenvalue weighted by Crippen LogP contribution is -2.24. The van der Waals surface area contributed by atoms with E-state index < -0.39 is 0 Å². The van der Waals surface area contributed by atoms with Crippen LogP contribution in [0.25, 0.3) is 5.78 Å². The molecule has 1 saturated heterocycles. The number of rotatable bonds is 3. The monoisotopic (exact) mass is 279 g/mol. The van der Waals surface area contributed by atoms with Gasteiger partial charge in [-0.3, -0.25) is 14.3 Å². The Bertz CT molecular complexity index is 737. The molecule has 0 radical (unpaired) electrons. The molecule has 106 valence electrons. The number of nitrogens with zero attached hydrogens (tertiary/aromatic N) is 5. The number of imidazole rings is 1. The van der Waals surface area contributed by atoms with Gasteiger partial charge in [0.05, 0.1) is 6.04 Å². The van der Waals surface area contributed by atoms with Crippen LogP contribution in [0.1, 0.15) is 30.1 Å². The number of hydrogen-bond acceptors (Lipinski definition) is 4. The third kappa shape index (κ3) is 2.29. The quantitative estimate of drug-likeness (QED) is 0.739. The summed E-state index contributed by atoms with van der Waals surface area (Å²) in [5.74, 6) is 0.781. The molecule has 0 aliphatic carbocycles. The van der Waals surface area contributed by atoms with Gasteiger partial charge in [0, 0.05) is 43.2 Å². The van der Waals surface area contributed by atoms with Crippen molar-refractivity contribution in [3.8, 4) is 0 Å². The maximum atomic E-state index is 4.31. The molecule has 0 aromatic carbocycles. The van der Waals surface area contributed by atoms with Gasteiger partial charge in [0.15, 0.2) is 0 Å². The van der Waals surface area contributed by atoms with Crippen molar-refractivity contribution in [1.82, 2.24) is 24.3 Å². The molecule has 1 atom stereocenters. The third-order valence-electron chi connectivity index (χ3n) is 4.17. The second-order valence-electron chi connectivity index (χ2n) is 5.45. The summed E-state index contributed by atoms with van der Waals surface area (Å²) in [6, 6.07) is 6.73. The zero-order chi connectivity index (χ0) is 14.1. The molecule has 3 aromatic heterocycles. The number of pyridine rings is 1. The van der Waals surface area contributed by atoms with E-state index in [4.69, 9.17) is 0 Å². The Kier molecular flexibility index (Phi) is 3.12. The zero-order valence-corrected chi connectivity index (χ0v) is 11.8. The van der Waals surface area contributed by atoms with Crippen LogP contribution in [-0.2, 0) is 6.54 Å². The average molecular weight is 279 g/mol. The maximum Gasteiger partial charge on any atom is 0.233 e. The highest BCUT2D eigenvalue weighted by molar-refractivity contribution is 5.31. The van der Waals surface area contributed by atoms with Crippen LogP contribution in [0.5, 0.6) is 0 Å². The topological polar surface area (TPSA) is 46.3 Å². The average Bonchev–Trinajstić information content (AvgIpc) is 3.16. The summed E-state index contributed by atoms with van der Waals surface area (Å²) in [4.78, 5) is 15.2. The van der Waals surface area contributed by atoms with E-state index in [1.807, 2.05) is 31.0 Å². The van der Waals surface area contributed by atoms with Crippen LogP contribution < -0.4 is 0 Å². The minimum atomic E-state index is 0.429. The Labute approximate surface area is 123 Å². The van der Waals surface area contributed by atoms with E-state index >= 15 is 0 Å². The summed E-state index contributed by atoms with van der Waals surface area (Å²) in [5, 5.41) is 0. The molecule has 1 aliphatic heterocycles. The van der Waals surface area contributed by atoms with Gasteiger partial charge in [-0.1, -0.05) is 0 Å². The molecule has 21 heavy (non-hydrogen) atoms. The Hall–Kier alpha value is -2.27. The fraction of sp³-hybridized carbons (Fsp3) is 0.312. The number of hydrogen-bond donors (Lipinski definition) is 0. The molecule has 4 rings (SSSR count). The molecular weight excluding hydrogens is 262 g/mol. The van der Waals surface area contributed by atoms with E-state index in [2.05, 4.69) is 42.5 Å². The number of fused-ring (bicyclic) bond motifs is 1. The van der Waals surface area contributed by atoms with Gasteiger partial charge in [0.2, 0.25) is 5.78 Å². The standard InChI is InChI=1S/C16H17N5/c1-2-14(15-5-8-18-16-19-9-11-21(15)16)20(10-1)12-13-3-6-17-7-4-13/h3-9,11,14H,1-2,10,12H2/t14-/m0/s1. The second-order valence-corrected chi connectivity index (χ2v) is 5.45. The van der Waals surface area contributed by atoms with E-state index in [1.54, 1.807) is 0 Å². The summed E-state index contributed by atoms with van der Waals surface area (Å²) in [6.45, 7) is 2.09. The lowest BCUT2D eigenvalue weighted by atomic mass is 10.1. The van der Waals surface area contributed by atoms with Crippen molar-refractivity contribution in [2.24, 2.45) is 0 Å². The molecule has 0 unspecified atom stereocenters. The molecule has 3 aromatic rings. The number of aromatic nitrogens is 4. The lowest BCUT2D eigenvalue weighted by Gasteiger charge is -2.25. The first-order valence-corrected chi connectivity index (χ1v) is 7.33. The molecule has 5 heteroatoms. The first-order valence-electron chi connectivity index (χ1n) is 7.33. The fourth-order valence-corrected chi connectivity index (χ4v) is 3.20. The minimum absolute atomic E-state index is 0.429. The molecule has 1 fully saturated rings. The van der Waals surface area contributed by atoms with E-state index in [1.165, 1.54) is 24.1 Å². The van der Waals surface area contributed by atoms with Crippen molar-refractivity contribution in [1.29, 1.82) is 0 Å². The first kappa shape index (κ1) is 12.5. The highest BCUT2D eigenvalue weighted by atomic mass is 15.2. The van der Waals surface area contributed by atoms with Gasteiger partial charge < -0.3 is 0 Å².